The first-order valence-corrected chi connectivity index (χ1v) is 8.19. The Balaban J connectivity index is 1.93. The van der Waals surface area contributed by atoms with Crippen molar-refractivity contribution < 1.29 is 18.3 Å². The van der Waals surface area contributed by atoms with Crippen LogP contribution in [0.3, 0.4) is 0 Å². The maximum atomic E-state index is 12.4. The van der Waals surface area contributed by atoms with Crippen molar-refractivity contribution in [2.24, 2.45) is 0 Å². The zero-order chi connectivity index (χ0) is 14.3. The van der Waals surface area contributed by atoms with E-state index in [-0.39, 0.29) is 18.7 Å². The number of sulfonamides is 1. The van der Waals surface area contributed by atoms with E-state index in [1.54, 1.807) is 29.6 Å². The Morgan fingerprint density at radius 3 is 2.60 bits per heavy atom. The first kappa shape index (κ1) is 13.3. The van der Waals surface area contributed by atoms with E-state index in [1.807, 2.05) is 0 Å². The van der Waals surface area contributed by atoms with Gasteiger partial charge in [-0.1, -0.05) is 12.1 Å². The standard InChI is InChI=1S/C13H11NO4S2/c15-13(16)9-3-4-10-7-14(8-11(10)6-9)20(17,18)12-2-1-5-19-12/h1-6H,7-8H2,(H,15,16). The van der Waals surface area contributed by atoms with Crippen molar-refractivity contribution >= 4 is 27.3 Å². The molecule has 3 rings (SSSR count). The molecule has 0 radical (unpaired) electrons. The van der Waals surface area contributed by atoms with Crippen LogP contribution in [0.4, 0.5) is 0 Å². The molecule has 20 heavy (non-hydrogen) atoms. The molecule has 1 N–H and O–H groups in total. The molecule has 0 amide bonds. The molecule has 2 heterocycles. The largest absolute Gasteiger partial charge is 0.478 e. The number of benzene rings is 1. The Labute approximate surface area is 120 Å². The number of nitrogens with zero attached hydrogens (tertiary/aromatic N) is 1. The number of carboxylic acid groups (broad SMARTS) is 1. The van der Waals surface area contributed by atoms with Gasteiger partial charge >= 0.3 is 5.97 Å². The molecule has 1 aromatic carbocycles. The molecular weight excluding hydrogens is 298 g/mol. The highest BCUT2D eigenvalue weighted by Gasteiger charge is 2.31. The predicted molar refractivity (Wildman–Crippen MR) is 74.2 cm³/mol. The SMILES string of the molecule is O=C(O)c1ccc2c(c1)CN(S(=O)(=O)c1cccs1)C2. The van der Waals surface area contributed by atoms with Gasteiger partial charge in [-0.25, -0.2) is 13.2 Å². The number of thiophene rings is 1. The third-order valence-corrected chi connectivity index (χ3v) is 6.40. The van der Waals surface area contributed by atoms with Crippen molar-refractivity contribution in [3.8, 4) is 0 Å². The van der Waals surface area contributed by atoms with E-state index in [9.17, 15) is 13.2 Å². The molecule has 7 heteroatoms. The topological polar surface area (TPSA) is 74.7 Å². The number of rotatable bonds is 3. The molecule has 0 bridgehead atoms. The van der Waals surface area contributed by atoms with Crippen molar-refractivity contribution in [3.05, 3.63) is 52.4 Å². The molecule has 5 nitrogen and oxygen atoms in total. The number of carbonyl (C=O) groups is 1. The summed E-state index contributed by atoms with van der Waals surface area (Å²) in [6, 6.07) is 8.00. The van der Waals surface area contributed by atoms with Crippen LogP contribution in [0.15, 0.2) is 39.9 Å². The fraction of sp³-hybridized carbons (Fsp3) is 0.154. The van der Waals surface area contributed by atoms with E-state index in [2.05, 4.69) is 0 Å². The van der Waals surface area contributed by atoms with Gasteiger partial charge in [0.1, 0.15) is 4.21 Å². The van der Waals surface area contributed by atoms with Gasteiger partial charge in [0.05, 0.1) is 5.56 Å². The molecular formula is C13H11NO4S2. The summed E-state index contributed by atoms with van der Waals surface area (Å²) in [6.07, 6.45) is 0. The lowest BCUT2D eigenvalue weighted by atomic mass is 10.1. The van der Waals surface area contributed by atoms with Gasteiger partial charge in [-0.3, -0.25) is 0 Å². The summed E-state index contributed by atoms with van der Waals surface area (Å²) >= 11 is 1.18. The van der Waals surface area contributed by atoms with Gasteiger partial charge in [0, 0.05) is 13.1 Å². The summed E-state index contributed by atoms with van der Waals surface area (Å²) in [6.45, 7) is 0.506. The van der Waals surface area contributed by atoms with Crippen LogP contribution in [-0.4, -0.2) is 23.8 Å². The molecule has 0 saturated carbocycles. The Bertz CT molecular complexity index is 766. The smallest absolute Gasteiger partial charge is 0.335 e. The minimum Gasteiger partial charge on any atom is -0.478 e. The van der Waals surface area contributed by atoms with Crippen LogP contribution in [-0.2, 0) is 23.1 Å². The zero-order valence-corrected chi connectivity index (χ0v) is 11.9. The van der Waals surface area contributed by atoms with Gasteiger partial charge in [0.25, 0.3) is 10.0 Å². The highest BCUT2D eigenvalue weighted by molar-refractivity contribution is 7.91. The monoisotopic (exact) mass is 309 g/mol. The number of fused-ring (bicyclic) bond motifs is 1. The summed E-state index contributed by atoms with van der Waals surface area (Å²) < 4.78 is 26.5. The number of hydrogen-bond donors (Lipinski definition) is 1. The molecule has 0 saturated heterocycles. The van der Waals surface area contributed by atoms with Crippen molar-refractivity contribution in [3.63, 3.8) is 0 Å². The van der Waals surface area contributed by atoms with E-state index in [4.69, 9.17) is 5.11 Å². The average molecular weight is 309 g/mol. The molecule has 1 aromatic heterocycles. The second kappa shape index (κ2) is 4.69. The summed E-state index contributed by atoms with van der Waals surface area (Å²) in [5.74, 6) is -1.01. The lowest BCUT2D eigenvalue weighted by Crippen LogP contribution is -2.24. The molecule has 1 aliphatic heterocycles. The minimum absolute atomic E-state index is 0.180. The van der Waals surface area contributed by atoms with Gasteiger partial charge in [0.2, 0.25) is 0 Å². The van der Waals surface area contributed by atoms with Crippen LogP contribution < -0.4 is 0 Å². The number of hydrogen-bond acceptors (Lipinski definition) is 4. The van der Waals surface area contributed by atoms with Gasteiger partial charge in [-0.2, -0.15) is 4.31 Å². The summed E-state index contributed by atoms with van der Waals surface area (Å²) in [4.78, 5) is 10.9. The van der Waals surface area contributed by atoms with E-state index < -0.39 is 16.0 Å². The second-order valence-electron chi connectivity index (χ2n) is 4.49. The summed E-state index contributed by atoms with van der Waals surface area (Å²) in [5, 5.41) is 10.7. The molecule has 0 spiro atoms. The Morgan fingerprint density at radius 1 is 1.20 bits per heavy atom. The van der Waals surface area contributed by atoms with E-state index in [0.717, 1.165) is 11.1 Å². The predicted octanol–water partition coefficient (Wildman–Crippen LogP) is 2.15. The highest BCUT2D eigenvalue weighted by Crippen LogP contribution is 2.30. The van der Waals surface area contributed by atoms with Crippen molar-refractivity contribution in [1.82, 2.24) is 4.31 Å². The second-order valence-corrected chi connectivity index (χ2v) is 7.61. The first-order chi connectivity index (χ1) is 9.48. The van der Waals surface area contributed by atoms with Gasteiger partial charge in [-0.15, -0.1) is 11.3 Å². The quantitative estimate of drug-likeness (QED) is 0.942. The molecule has 1 aliphatic rings. The fourth-order valence-corrected chi connectivity index (χ4v) is 4.74. The van der Waals surface area contributed by atoms with Crippen molar-refractivity contribution in [2.75, 3.05) is 0 Å². The summed E-state index contributed by atoms with van der Waals surface area (Å²) in [7, 11) is -3.49. The third-order valence-electron chi connectivity index (χ3n) is 3.24. The summed E-state index contributed by atoms with van der Waals surface area (Å²) in [5.41, 5.74) is 1.79. The van der Waals surface area contributed by atoms with Crippen LogP contribution in [0, 0.1) is 0 Å². The van der Waals surface area contributed by atoms with E-state index in [0.29, 0.717) is 4.21 Å². The molecule has 0 atom stereocenters. The van der Waals surface area contributed by atoms with Crippen LogP contribution in [0.2, 0.25) is 0 Å². The van der Waals surface area contributed by atoms with Gasteiger partial charge < -0.3 is 5.11 Å². The number of aromatic carboxylic acids is 1. The number of carboxylic acids is 1. The minimum atomic E-state index is -3.49. The van der Waals surface area contributed by atoms with E-state index in [1.165, 1.54) is 21.7 Å². The van der Waals surface area contributed by atoms with E-state index >= 15 is 0 Å². The van der Waals surface area contributed by atoms with Crippen LogP contribution in [0.25, 0.3) is 0 Å². The molecule has 0 unspecified atom stereocenters. The Morgan fingerprint density at radius 2 is 1.95 bits per heavy atom. The maximum Gasteiger partial charge on any atom is 0.335 e. The molecule has 2 aromatic rings. The zero-order valence-electron chi connectivity index (χ0n) is 10.3. The molecule has 104 valence electrons. The Kier molecular flexibility index (Phi) is 3.12. The van der Waals surface area contributed by atoms with Crippen LogP contribution in [0.5, 0.6) is 0 Å². The lowest BCUT2D eigenvalue weighted by Gasteiger charge is -2.13. The Hall–Kier alpha value is -1.70. The maximum absolute atomic E-state index is 12.4. The first-order valence-electron chi connectivity index (χ1n) is 5.87. The fourth-order valence-electron chi connectivity index (χ4n) is 2.20. The van der Waals surface area contributed by atoms with Gasteiger partial charge in [0.15, 0.2) is 0 Å². The molecule has 0 aliphatic carbocycles. The third kappa shape index (κ3) is 2.13. The average Bonchev–Trinajstić information content (AvgIpc) is 3.07. The van der Waals surface area contributed by atoms with Crippen molar-refractivity contribution in [2.45, 2.75) is 17.3 Å². The van der Waals surface area contributed by atoms with Gasteiger partial charge in [-0.05, 0) is 34.7 Å². The van der Waals surface area contributed by atoms with Crippen LogP contribution in [0.1, 0.15) is 21.5 Å². The normalized spacial score (nSPS) is 15.2. The highest BCUT2D eigenvalue weighted by atomic mass is 32.2. The van der Waals surface area contributed by atoms with Crippen molar-refractivity contribution in [1.29, 1.82) is 0 Å². The van der Waals surface area contributed by atoms with Crippen LogP contribution >= 0.6 is 11.3 Å². The molecule has 0 fully saturated rings. The lowest BCUT2D eigenvalue weighted by molar-refractivity contribution is 0.0696.